The molecule has 0 bridgehead atoms. The van der Waals surface area contributed by atoms with Gasteiger partial charge in [-0.25, -0.2) is 13.8 Å². The molecule has 6 heteroatoms. The van der Waals surface area contributed by atoms with E-state index in [9.17, 15) is 18.7 Å². The third-order valence-electron chi connectivity index (χ3n) is 5.00. The molecule has 0 aliphatic heterocycles. The number of phenols is 1. The number of para-hydroxylation sites is 1. The Kier molecular flexibility index (Phi) is 6.42. The number of hydrogen-bond acceptors (Lipinski definition) is 3. The Balaban J connectivity index is 2.39. The topological polar surface area (TPSA) is 55.1 Å². The van der Waals surface area contributed by atoms with E-state index in [-0.39, 0.29) is 16.9 Å². The number of aromatic nitrogens is 2. The Hall–Kier alpha value is -3.02. The largest absolute Gasteiger partial charge is 0.504 e. The Labute approximate surface area is 168 Å². The molecule has 1 atom stereocenters. The highest BCUT2D eigenvalue weighted by atomic mass is 19.1. The summed E-state index contributed by atoms with van der Waals surface area (Å²) in [5, 5.41) is 10.3. The molecule has 29 heavy (non-hydrogen) atoms. The molecular formula is C23H24F2N2O2. The van der Waals surface area contributed by atoms with Crippen molar-refractivity contribution in [2.75, 3.05) is 6.67 Å². The van der Waals surface area contributed by atoms with E-state index in [1.54, 1.807) is 30.3 Å². The lowest BCUT2D eigenvalue weighted by Crippen LogP contribution is -2.33. The van der Waals surface area contributed by atoms with Crippen molar-refractivity contribution in [2.24, 2.45) is 0 Å². The summed E-state index contributed by atoms with van der Waals surface area (Å²) in [6.07, 6.45) is 1.78. The second-order valence-electron chi connectivity index (χ2n) is 6.86. The molecule has 1 unspecified atom stereocenters. The number of rotatable bonds is 7. The van der Waals surface area contributed by atoms with Gasteiger partial charge in [-0.15, -0.1) is 0 Å². The van der Waals surface area contributed by atoms with E-state index in [0.717, 1.165) is 12.5 Å². The maximum atomic E-state index is 14.2. The van der Waals surface area contributed by atoms with Crippen LogP contribution in [0.15, 0.2) is 53.3 Å². The average Bonchev–Trinajstić information content (AvgIpc) is 2.73. The van der Waals surface area contributed by atoms with Crippen LogP contribution in [0.25, 0.3) is 11.4 Å². The van der Waals surface area contributed by atoms with Crippen molar-refractivity contribution in [3.63, 3.8) is 0 Å². The van der Waals surface area contributed by atoms with E-state index in [4.69, 9.17) is 0 Å². The summed E-state index contributed by atoms with van der Waals surface area (Å²) < 4.78 is 29.6. The van der Waals surface area contributed by atoms with E-state index < -0.39 is 24.3 Å². The molecule has 1 aromatic heterocycles. The Bertz CT molecular complexity index is 1050. The third kappa shape index (κ3) is 3.92. The summed E-state index contributed by atoms with van der Waals surface area (Å²) in [5.41, 5.74) is 1.41. The first-order valence-electron chi connectivity index (χ1n) is 9.76. The highest BCUT2D eigenvalue weighted by Gasteiger charge is 2.25. The molecule has 0 saturated heterocycles. The van der Waals surface area contributed by atoms with Crippen molar-refractivity contribution in [3.05, 3.63) is 81.5 Å². The fraction of sp³-hybridized carbons (Fsp3) is 0.304. The van der Waals surface area contributed by atoms with Crippen LogP contribution in [-0.2, 0) is 12.8 Å². The Morgan fingerprint density at radius 3 is 2.45 bits per heavy atom. The van der Waals surface area contributed by atoms with E-state index in [0.29, 0.717) is 29.7 Å². The SMILES string of the molecule is CCCc1nc(-c2cccc(F)c2O)n(C(CF)c2ccccc2)c(=O)c1CC. The maximum Gasteiger partial charge on any atom is 0.257 e. The number of alkyl halides is 1. The highest BCUT2D eigenvalue weighted by molar-refractivity contribution is 5.65. The third-order valence-corrected chi connectivity index (χ3v) is 5.00. The van der Waals surface area contributed by atoms with Crippen LogP contribution in [0.1, 0.15) is 43.1 Å². The fourth-order valence-electron chi connectivity index (χ4n) is 3.57. The van der Waals surface area contributed by atoms with Gasteiger partial charge >= 0.3 is 0 Å². The number of aromatic hydroxyl groups is 1. The molecule has 0 aliphatic carbocycles. The van der Waals surface area contributed by atoms with Crippen molar-refractivity contribution in [1.29, 1.82) is 0 Å². The molecule has 1 N–H and O–H groups in total. The lowest BCUT2D eigenvalue weighted by Gasteiger charge is -2.23. The van der Waals surface area contributed by atoms with E-state index >= 15 is 0 Å². The second kappa shape index (κ2) is 8.99. The van der Waals surface area contributed by atoms with Gasteiger partial charge in [-0.05, 0) is 30.5 Å². The van der Waals surface area contributed by atoms with Crippen LogP contribution in [0, 0.1) is 5.82 Å². The van der Waals surface area contributed by atoms with Gasteiger partial charge in [-0.3, -0.25) is 9.36 Å². The van der Waals surface area contributed by atoms with E-state index in [1.165, 1.54) is 16.7 Å². The van der Waals surface area contributed by atoms with Gasteiger partial charge in [-0.1, -0.05) is 56.7 Å². The quantitative estimate of drug-likeness (QED) is 0.620. The predicted octanol–water partition coefficient (Wildman–Crippen LogP) is 4.83. The smallest absolute Gasteiger partial charge is 0.257 e. The second-order valence-corrected chi connectivity index (χ2v) is 6.86. The van der Waals surface area contributed by atoms with Gasteiger partial charge in [0.05, 0.1) is 17.3 Å². The summed E-state index contributed by atoms with van der Waals surface area (Å²) in [6.45, 7) is 2.99. The monoisotopic (exact) mass is 398 g/mol. The molecule has 3 rings (SSSR count). The molecule has 0 radical (unpaired) electrons. The molecule has 152 valence electrons. The number of benzene rings is 2. The molecule has 0 amide bonds. The Morgan fingerprint density at radius 2 is 1.83 bits per heavy atom. The average molecular weight is 398 g/mol. The van der Waals surface area contributed by atoms with Crippen LogP contribution < -0.4 is 5.56 Å². The van der Waals surface area contributed by atoms with Gasteiger partial charge in [-0.2, -0.15) is 0 Å². The zero-order valence-electron chi connectivity index (χ0n) is 16.5. The molecule has 4 nitrogen and oxygen atoms in total. The van der Waals surface area contributed by atoms with Crippen LogP contribution in [0.3, 0.4) is 0 Å². The van der Waals surface area contributed by atoms with Gasteiger partial charge in [0.1, 0.15) is 12.5 Å². The van der Waals surface area contributed by atoms with Crippen molar-refractivity contribution >= 4 is 0 Å². The number of phenolic OH excluding ortho intramolecular Hbond substituents is 1. The van der Waals surface area contributed by atoms with Crippen LogP contribution in [0.5, 0.6) is 5.75 Å². The fourth-order valence-corrected chi connectivity index (χ4v) is 3.57. The van der Waals surface area contributed by atoms with Crippen molar-refractivity contribution in [1.82, 2.24) is 9.55 Å². The zero-order chi connectivity index (χ0) is 21.0. The number of halogens is 2. The van der Waals surface area contributed by atoms with Crippen molar-refractivity contribution in [3.8, 4) is 17.1 Å². The molecule has 0 saturated carbocycles. The summed E-state index contributed by atoms with van der Waals surface area (Å²) >= 11 is 0. The van der Waals surface area contributed by atoms with Crippen LogP contribution >= 0.6 is 0 Å². The number of hydrogen-bond donors (Lipinski definition) is 1. The predicted molar refractivity (Wildman–Crippen MR) is 109 cm³/mol. The minimum Gasteiger partial charge on any atom is -0.504 e. The van der Waals surface area contributed by atoms with Crippen LogP contribution in [0.2, 0.25) is 0 Å². The standard InChI is InChI=1S/C23H24F2N2O2/c1-3-9-19-16(4-2)23(29)27(20(14-24)15-10-6-5-7-11-15)22(26-19)17-12-8-13-18(25)21(17)28/h5-8,10-13,20,28H,3-4,9,14H2,1-2H3. The lowest BCUT2D eigenvalue weighted by atomic mass is 10.0. The van der Waals surface area contributed by atoms with E-state index in [1.807, 2.05) is 13.8 Å². The molecule has 3 aromatic rings. The normalized spacial score (nSPS) is 12.1. The number of aryl methyl sites for hydroxylation is 1. The molecule has 2 aromatic carbocycles. The first kappa shape index (κ1) is 20.7. The van der Waals surface area contributed by atoms with Crippen LogP contribution in [-0.4, -0.2) is 21.3 Å². The van der Waals surface area contributed by atoms with Gasteiger partial charge < -0.3 is 5.11 Å². The first-order valence-corrected chi connectivity index (χ1v) is 9.76. The van der Waals surface area contributed by atoms with Gasteiger partial charge in [0.15, 0.2) is 11.6 Å². The zero-order valence-corrected chi connectivity index (χ0v) is 16.5. The molecule has 1 heterocycles. The van der Waals surface area contributed by atoms with Crippen molar-refractivity contribution in [2.45, 2.75) is 39.2 Å². The van der Waals surface area contributed by atoms with Crippen LogP contribution in [0.4, 0.5) is 8.78 Å². The highest BCUT2D eigenvalue weighted by Crippen LogP contribution is 2.33. The summed E-state index contributed by atoms with van der Waals surface area (Å²) in [5.74, 6) is -1.36. The summed E-state index contributed by atoms with van der Waals surface area (Å²) in [7, 11) is 0. The summed E-state index contributed by atoms with van der Waals surface area (Å²) in [6, 6.07) is 11.9. The molecule has 0 fully saturated rings. The van der Waals surface area contributed by atoms with Crippen molar-refractivity contribution < 1.29 is 13.9 Å². The van der Waals surface area contributed by atoms with E-state index in [2.05, 4.69) is 4.98 Å². The first-order chi connectivity index (χ1) is 14.0. The summed E-state index contributed by atoms with van der Waals surface area (Å²) in [4.78, 5) is 18.1. The van der Waals surface area contributed by atoms with Gasteiger partial charge in [0.25, 0.3) is 5.56 Å². The van der Waals surface area contributed by atoms with Gasteiger partial charge in [0, 0.05) is 5.56 Å². The van der Waals surface area contributed by atoms with Gasteiger partial charge in [0.2, 0.25) is 0 Å². The molecular weight excluding hydrogens is 374 g/mol. The lowest BCUT2D eigenvalue weighted by molar-refractivity contribution is 0.387. The number of nitrogens with zero attached hydrogens (tertiary/aromatic N) is 2. The Morgan fingerprint density at radius 1 is 1.10 bits per heavy atom. The molecule has 0 aliphatic rings. The molecule has 0 spiro atoms. The minimum absolute atomic E-state index is 0.0662. The maximum absolute atomic E-state index is 14.2. The minimum atomic E-state index is -0.935.